The summed E-state index contributed by atoms with van der Waals surface area (Å²) in [5.41, 5.74) is 0. The number of aliphatic carboxylic acids is 2. The molecule has 17 heavy (non-hydrogen) atoms. The van der Waals surface area contributed by atoms with Crippen LogP contribution >= 0.6 is 0 Å². The summed E-state index contributed by atoms with van der Waals surface area (Å²) in [7, 11) is 0. The van der Waals surface area contributed by atoms with Crippen LogP contribution in [0.5, 0.6) is 0 Å². The second-order valence-corrected chi connectivity index (χ2v) is 7.47. The van der Waals surface area contributed by atoms with Gasteiger partial charge in [0, 0.05) is 0 Å². The van der Waals surface area contributed by atoms with Crippen LogP contribution in [-0.4, -0.2) is 49.7 Å². The van der Waals surface area contributed by atoms with Crippen LogP contribution in [0.4, 0.5) is 0 Å². The van der Waals surface area contributed by atoms with Crippen molar-refractivity contribution < 1.29 is 62.2 Å². The molecule has 2 aliphatic heterocycles. The molecule has 0 spiro atoms. The molecule has 7 heteroatoms. The van der Waals surface area contributed by atoms with E-state index in [1.165, 1.54) is 0 Å². The van der Waals surface area contributed by atoms with Crippen molar-refractivity contribution in [2.75, 3.05) is 0 Å². The van der Waals surface area contributed by atoms with Gasteiger partial charge in [-0.1, -0.05) is 0 Å². The van der Waals surface area contributed by atoms with E-state index in [1.54, 1.807) is 24.3 Å². The standard InChI is InChI=1S/2C5H4IO2.Ca/c2*7-5(8)4-2-1-3-6-4;/h2*1-3H,(H,7,8);/q2*-1;+2/p-2. The first-order valence-corrected chi connectivity index (χ1v) is 8.69. The fourth-order valence-corrected chi connectivity index (χ4v) is 3.69. The quantitative estimate of drug-likeness (QED) is 0.289. The smallest absolute Gasteiger partial charge is 2.00 e. The van der Waals surface area contributed by atoms with Crippen molar-refractivity contribution in [1.82, 2.24) is 0 Å². The van der Waals surface area contributed by atoms with Crippen molar-refractivity contribution in [2.45, 2.75) is 0 Å². The summed E-state index contributed by atoms with van der Waals surface area (Å²) in [5.74, 6) is -2.02. The van der Waals surface area contributed by atoms with Gasteiger partial charge in [-0.3, -0.25) is 0 Å². The second kappa shape index (κ2) is 9.54. The van der Waals surface area contributed by atoms with Gasteiger partial charge in [-0.05, 0) is 0 Å². The molecule has 0 aromatic heterocycles. The van der Waals surface area contributed by atoms with E-state index in [4.69, 9.17) is 0 Å². The van der Waals surface area contributed by atoms with Crippen LogP contribution in [0.2, 0.25) is 0 Å². The van der Waals surface area contributed by atoms with E-state index in [-0.39, 0.29) is 80.1 Å². The molecule has 0 saturated heterocycles. The van der Waals surface area contributed by atoms with Crippen LogP contribution in [0.3, 0.4) is 0 Å². The molecule has 4 nitrogen and oxygen atoms in total. The van der Waals surface area contributed by atoms with Gasteiger partial charge in [0.1, 0.15) is 0 Å². The van der Waals surface area contributed by atoms with Gasteiger partial charge < -0.3 is 0 Å². The molecular weight excluding hydrogens is 478 g/mol. The molecular formula is C10H6CaI2O4-2. The Hall–Kier alpha value is 0.620. The van der Waals surface area contributed by atoms with Crippen LogP contribution in [0, 0.1) is 0 Å². The molecule has 2 heterocycles. The molecule has 88 valence electrons. The summed E-state index contributed by atoms with van der Waals surface area (Å²) in [5, 5.41) is 20.0. The number of halogens is 2. The zero-order chi connectivity index (χ0) is 12.0. The van der Waals surface area contributed by atoms with Crippen molar-refractivity contribution >= 4 is 49.7 Å². The Morgan fingerprint density at radius 3 is 1.35 bits per heavy atom. The number of carbonyl (C=O) groups is 2. The summed E-state index contributed by atoms with van der Waals surface area (Å²) < 4.78 is 4.74. The first kappa shape index (κ1) is 17.6. The third-order valence-electron chi connectivity index (χ3n) is 1.38. The van der Waals surface area contributed by atoms with Gasteiger partial charge in [0.25, 0.3) is 0 Å². The number of carboxylic acids is 2. The number of rotatable bonds is 2. The molecule has 0 radical (unpaired) electrons. The summed E-state index contributed by atoms with van der Waals surface area (Å²) >= 11 is -0.691. The predicted molar refractivity (Wildman–Crippen MR) is 50.2 cm³/mol. The Morgan fingerprint density at radius 2 is 1.24 bits per heavy atom. The molecule has 0 aromatic rings. The second-order valence-electron chi connectivity index (χ2n) is 2.46. The number of hydrogen-bond donors (Lipinski definition) is 0. The van der Waals surface area contributed by atoms with Crippen molar-refractivity contribution in [3.05, 3.63) is 39.6 Å². The average molecular weight is 484 g/mol. The number of carbonyl (C=O) groups excluding carboxylic acids is 2. The molecule has 0 fully saturated rings. The zero-order valence-corrected chi connectivity index (χ0v) is 15.1. The van der Waals surface area contributed by atoms with E-state index in [9.17, 15) is 19.8 Å². The maximum atomic E-state index is 10.0. The summed E-state index contributed by atoms with van der Waals surface area (Å²) in [4.78, 5) is 20.0. The first-order valence-electron chi connectivity index (χ1n) is 4.04. The molecule has 0 N–H and O–H groups in total. The topological polar surface area (TPSA) is 80.3 Å². The van der Waals surface area contributed by atoms with Crippen LogP contribution < -0.4 is 52.6 Å². The third kappa shape index (κ3) is 6.94. The molecule has 0 aliphatic carbocycles. The summed E-state index contributed by atoms with van der Waals surface area (Å²) in [6.45, 7) is 0. The SMILES string of the molecule is O=C([O-])C1=CC=C[I-]1.O=C([O-])C1=CC=C[I-]1.[Ca+2]. The third-order valence-corrected chi connectivity index (χ3v) is 5.87. The van der Waals surface area contributed by atoms with Crippen LogP contribution in [0.15, 0.2) is 39.6 Å². The fraction of sp³-hybridized carbons (Fsp3) is 0. The Balaban J connectivity index is 0.000000284. The largest absolute Gasteiger partial charge is 2.00 e. The monoisotopic (exact) mass is 484 g/mol. The Morgan fingerprint density at radius 1 is 0.882 bits per heavy atom. The minimum absolute atomic E-state index is 0. The minimum atomic E-state index is -1.01. The fourth-order valence-electron chi connectivity index (χ4n) is 0.748. The molecule has 2 aliphatic rings. The summed E-state index contributed by atoms with van der Waals surface area (Å²) in [6.07, 6.45) is 6.72. The maximum Gasteiger partial charge on any atom is 2.00 e. The van der Waals surface area contributed by atoms with Crippen molar-refractivity contribution in [3.8, 4) is 0 Å². The van der Waals surface area contributed by atoms with E-state index >= 15 is 0 Å². The Kier molecular flexibility index (Phi) is 9.88. The molecule has 0 atom stereocenters. The Labute approximate surface area is 149 Å². The van der Waals surface area contributed by atoms with E-state index in [0.29, 0.717) is 7.16 Å². The number of carboxylic acid groups (broad SMARTS) is 2. The molecule has 0 amide bonds. The van der Waals surface area contributed by atoms with Gasteiger partial charge in [0.2, 0.25) is 0 Å². The van der Waals surface area contributed by atoms with Crippen LogP contribution in [0.25, 0.3) is 0 Å². The van der Waals surface area contributed by atoms with E-state index < -0.39 is 11.9 Å². The van der Waals surface area contributed by atoms with Gasteiger partial charge in [0.05, 0.1) is 0 Å². The van der Waals surface area contributed by atoms with Crippen molar-refractivity contribution in [3.63, 3.8) is 0 Å². The molecule has 0 aromatic carbocycles. The van der Waals surface area contributed by atoms with Crippen LogP contribution in [0.1, 0.15) is 0 Å². The predicted octanol–water partition coefficient (Wildman–Crippen LogP) is -7.91. The molecule has 0 unspecified atom stereocenters. The number of hydrogen-bond acceptors (Lipinski definition) is 4. The van der Waals surface area contributed by atoms with Crippen LogP contribution in [-0.2, 0) is 9.59 Å². The maximum absolute atomic E-state index is 10.0. The zero-order valence-electron chi connectivity index (χ0n) is 8.56. The van der Waals surface area contributed by atoms with Crippen molar-refractivity contribution in [2.24, 2.45) is 0 Å². The Bertz CT molecular complexity index is 384. The molecule has 2 rings (SSSR count). The average Bonchev–Trinajstić information content (AvgIpc) is 2.93. The van der Waals surface area contributed by atoms with E-state index in [1.807, 2.05) is 8.17 Å². The first-order chi connectivity index (χ1) is 7.61. The normalized spacial score (nSPS) is 16.2. The minimum Gasteiger partial charge on any atom is 2.00 e. The van der Waals surface area contributed by atoms with E-state index in [0.717, 1.165) is 0 Å². The van der Waals surface area contributed by atoms with Gasteiger partial charge in [0.15, 0.2) is 0 Å². The van der Waals surface area contributed by atoms with Gasteiger partial charge >= 0.3 is 152 Å². The van der Waals surface area contributed by atoms with Crippen molar-refractivity contribution in [1.29, 1.82) is 0 Å². The van der Waals surface area contributed by atoms with Gasteiger partial charge in [-0.15, -0.1) is 0 Å². The molecule has 0 saturated carbocycles. The molecule has 0 bridgehead atoms. The number of allylic oxidation sites excluding steroid dienone is 4. The summed E-state index contributed by atoms with van der Waals surface area (Å²) in [6, 6.07) is 0. The van der Waals surface area contributed by atoms with E-state index in [2.05, 4.69) is 0 Å². The van der Waals surface area contributed by atoms with Gasteiger partial charge in [-0.2, -0.15) is 0 Å². The van der Waals surface area contributed by atoms with Gasteiger partial charge in [-0.25, -0.2) is 0 Å².